The van der Waals surface area contributed by atoms with Gasteiger partial charge in [-0.25, -0.2) is 22.2 Å². The fourth-order valence-electron chi connectivity index (χ4n) is 2.78. The van der Waals surface area contributed by atoms with E-state index in [2.05, 4.69) is 9.97 Å². The molecule has 11 heteroatoms. The second-order valence-electron chi connectivity index (χ2n) is 6.06. The molecule has 2 heterocycles. The van der Waals surface area contributed by atoms with Gasteiger partial charge >= 0.3 is 0 Å². The van der Waals surface area contributed by atoms with Gasteiger partial charge < -0.3 is 4.98 Å². The van der Waals surface area contributed by atoms with E-state index in [1.165, 1.54) is 12.4 Å². The van der Waals surface area contributed by atoms with Crippen LogP contribution in [0.15, 0.2) is 24.5 Å². The van der Waals surface area contributed by atoms with E-state index in [1.54, 1.807) is 6.92 Å². The minimum absolute atomic E-state index is 0.0187. The quantitative estimate of drug-likeness (QED) is 0.568. The summed E-state index contributed by atoms with van der Waals surface area (Å²) < 4.78 is 55.1. The van der Waals surface area contributed by atoms with Gasteiger partial charge in [-0.15, -0.1) is 0 Å². The first-order valence-electron chi connectivity index (χ1n) is 8.29. The van der Waals surface area contributed by atoms with E-state index in [0.717, 1.165) is 12.1 Å². The lowest BCUT2D eigenvalue weighted by atomic mass is 10.0. The number of H-pyrrole nitrogens is 1. The summed E-state index contributed by atoms with van der Waals surface area (Å²) in [5.41, 5.74) is -1.58. The van der Waals surface area contributed by atoms with Gasteiger partial charge in [0.1, 0.15) is 17.5 Å². The van der Waals surface area contributed by atoms with Crippen LogP contribution in [0, 0.1) is 23.0 Å². The first-order valence-corrected chi connectivity index (χ1v) is 10.3. The Labute approximate surface area is 169 Å². The van der Waals surface area contributed by atoms with Crippen molar-refractivity contribution >= 4 is 44.1 Å². The number of anilines is 1. The Hall–Kier alpha value is -3.03. The van der Waals surface area contributed by atoms with Crippen LogP contribution in [-0.4, -0.2) is 29.9 Å². The number of ketones is 1. The Morgan fingerprint density at radius 1 is 1.38 bits per heavy atom. The number of carbonyl (C=O) groups is 1. The number of aromatic amines is 1. The van der Waals surface area contributed by atoms with Crippen LogP contribution in [0.5, 0.6) is 0 Å². The fraction of sp³-hybridized carbons (Fsp3) is 0.167. The van der Waals surface area contributed by atoms with E-state index in [4.69, 9.17) is 16.9 Å². The maximum absolute atomic E-state index is 14.9. The predicted octanol–water partition coefficient (Wildman–Crippen LogP) is 3.75. The average molecular weight is 439 g/mol. The van der Waals surface area contributed by atoms with Gasteiger partial charge in [0, 0.05) is 17.8 Å². The number of fused-ring (bicyclic) bond motifs is 1. The predicted molar refractivity (Wildman–Crippen MR) is 103 cm³/mol. The Morgan fingerprint density at radius 2 is 2.10 bits per heavy atom. The highest BCUT2D eigenvalue weighted by molar-refractivity contribution is 7.92. The van der Waals surface area contributed by atoms with Crippen LogP contribution in [0.2, 0.25) is 5.02 Å². The summed E-state index contributed by atoms with van der Waals surface area (Å²) >= 11 is 6.14. The van der Waals surface area contributed by atoms with E-state index in [1.807, 2.05) is 10.8 Å². The molecule has 0 unspecified atom stereocenters. The summed E-state index contributed by atoms with van der Waals surface area (Å²) in [5, 5.41) is 9.02. The standard InChI is InChI=1S/C18H13ClF2N4O3S/c1-2-5-29(27,28)25-12-4-3-11(20)14(16(12)21)17(26)10-8-24-18-13(10)15(19)9(6-22)7-23-18/h3-4,7-8,25H,2,5H2,1H3,(H,23,24). The van der Waals surface area contributed by atoms with Crippen molar-refractivity contribution in [1.29, 1.82) is 5.26 Å². The second-order valence-corrected chi connectivity index (χ2v) is 8.28. The van der Waals surface area contributed by atoms with E-state index in [0.29, 0.717) is 0 Å². The van der Waals surface area contributed by atoms with Gasteiger partial charge in [-0.1, -0.05) is 18.5 Å². The van der Waals surface area contributed by atoms with E-state index < -0.39 is 38.7 Å². The van der Waals surface area contributed by atoms with Crippen LogP contribution in [0.1, 0.15) is 34.8 Å². The molecule has 0 aliphatic carbocycles. The Kier molecular flexibility index (Phi) is 5.55. The Morgan fingerprint density at radius 3 is 2.76 bits per heavy atom. The zero-order valence-electron chi connectivity index (χ0n) is 14.9. The van der Waals surface area contributed by atoms with Crippen LogP contribution in [0.25, 0.3) is 11.0 Å². The molecule has 2 N–H and O–H groups in total. The van der Waals surface area contributed by atoms with Crippen LogP contribution >= 0.6 is 11.6 Å². The third-order valence-corrected chi connectivity index (χ3v) is 5.93. The maximum atomic E-state index is 14.9. The molecule has 0 atom stereocenters. The zero-order chi connectivity index (χ0) is 21.3. The molecule has 3 aromatic rings. The number of nitriles is 1. The molecule has 29 heavy (non-hydrogen) atoms. The van der Waals surface area contributed by atoms with Crippen molar-refractivity contribution in [2.45, 2.75) is 13.3 Å². The first kappa shape index (κ1) is 20.7. The Balaban J connectivity index is 2.15. The van der Waals surface area contributed by atoms with Gasteiger partial charge in [-0.05, 0) is 18.6 Å². The van der Waals surface area contributed by atoms with Crippen molar-refractivity contribution in [3.8, 4) is 6.07 Å². The lowest BCUT2D eigenvalue weighted by Crippen LogP contribution is -2.18. The topological polar surface area (TPSA) is 116 Å². The van der Waals surface area contributed by atoms with E-state index in [9.17, 15) is 22.0 Å². The average Bonchev–Trinajstić information content (AvgIpc) is 3.09. The highest BCUT2D eigenvalue weighted by atomic mass is 35.5. The van der Waals surface area contributed by atoms with Gasteiger partial charge in [0.2, 0.25) is 15.8 Å². The van der Waals surface area contributed by atoms with Crippen molar-refractivity contribution in [3.05, 3.63) is 57.9 Å². The minimum atomic E-state index is -3.86. The smallest absolute Gasteiger partial charge is 0.232 e. The third kappa shape index (κ3) is 3.79. The van der Waals surface area contributed by atoms with Crippen LogP contribution in [0.3, 0.4) is 0 Å². The molecule has 7 nitrogen and oxygen atoms in total. The molecule has 0 saturated carbocycles. The molecule has 0 saturated heterocycles. The summed E-state index contributed by atoms with van der Waals surface area (Å²) in [6.45, 7) is 1.62. The van der Waals surface area contributed by atoms with Gasteiger partial charge in [-0.3, -0.25) is 9.52 Å². The molecule has 0 radical (unpaired) electrons. The number of nitrogens with one attached hydrogen (secondary N) is 2. The molecule has 0 aliphatic rings. The number of nitrogens with zero attached hydrogens (tertiary/aromatic N) is 2. The van der Waals surface area contributed by atoms with Crippen molar-refractivity contribution in [3.63, 3.8) is 0 Å². The van der Waals surface area contributed by atoms with E-state index in [-0.39, 0.29) is 39.4 Å². The molecular weight excluding hydrogens is 426 g/mol. The molecular formula is C18H13ClF2N4O3S. The SMILES string of the molecule is CCCS(=O)(=O)Nc1ccc(F)c(C(=O)c2c[nH]c3ncc(C#N)c(Cl)c23)c1F. The number of rotatable bonds is 6. The summed E-state index contributed by atoms with van der Waals surface area (Å²) in [4.78, 5) is 19.5. The summed E-state index contributed by atoms with van der Waals surface area (Å²) in [7, 11) is -3.86. The van der Waals surface area contributed by atoms with Crippen molar-refractivity contribution in [2.75, 3.05) is 10.5 Å². The highest BCUT2D eigenvalue weighted by Gasteiger charge is 2.27. The molecule has 0 amide bonds. The first-order chi connectivity index (χ1) is 13.7. The lowest BCUT2D eigenvalue weighted by molar-refractivity contribution is 0.103. The molecule has 1 aromatic carbocycles. The number of hydrogen-bond acceptors (Lipinski definition) is 5. The van der Waals surface area contributed by atoms with Crippen LogP contribution in [0.4, 0.5) is 14.5 Å². The lowest BCUT2D eigenvalue weighted by Gasteiger charge is -2.11. The molecule has 0 spiro atoms. The third-order valence-electron chi connectivity index (χ3n) is 4.06. The Bertz CT molecular complexity index is 1280. The number of benzene rings is 1. The van der Waals surface area contributed by atoms with Gasteiger partial charge in [-0.2, -0.15) is 5.26 Å². The number of aromatic nitrogens is 2. The van der Waals surface area contributed by atoms with Crippen LogP contribution < -0.4 is 4.72 Å². The summed E-state index contributed by atoms with van der Waals surface area (Å²) in [6, 6.07) is 3.49. The number of pyridine rings is 1. The second kappa shape index (κ2) is 7.77. The zero-order valence-corrected chi connectivity index (χ0v) is 16.5. The largest absolute Gasteiger partial charge is 0.345 e. The number of carbonyl (C=O) groups excluding carboxylic acids is 1. The fourth-order valence-corrected chi connectivity index (χ4v) is 4.19. The molecule has 0 fully saturated rings. The monoisotopic (exact) mass is 438 g/mol. The minimum Gasteiger partial charge on any atom is -0.345 e. The van der Waals surface area contributed by atoms with Crippen molar-refractivity contribution in [1.82, 2.24) is 9.97 Å². The van der Waals surface area contributed by atoms with Crippen LogP contribution in [-0.2, 0) is 10.0 Å². The molecule has 150 valence electrons. The van der Waals surface area contributed by atoms with Gasteiger partial charge in [0.05, 0.1) is 33.2 Å². The number of halogens is 3. The highest BCUT2D eigenvalue weighted by Crippen LogP contribution is 2.32. The summed E-state index contributed by atoms with van der Waals surface area (Å²) in [6.07, 6.45) is 2.64. The van der Waals surface area contributed by atoms with Gasteiger partial charge in [0.25, 0.3) is 0 Å². The van der Waals surface area contributed by atoms with Crippen molar-refractivity contribution < 1.29 is 22.0 Å². The molecule has 0 aliphatic heterocycles. The van der Waals surface area contributed by atoms with Crippen molar-refractivity contribution in [2.24, 2.45) is 0 Å². The number of hydrogen-bond donors (Lipinski definition) is 2. The maximum Gasteiger partial charge on any atom is 0.232 e. The van der Waals surface area contributed by atoms with Gasteiger partial charge in [0.15, 0.2) is 5.82 Å². The number of sulfonamides is 1. The summed E-state index contributed by atoms with van der Waals surface area (Å²) in [5.74, 6) is -3.89. The molecule has 0 bridgehead atoms. The normalized spacial score (nSPS) is 11.4. The molecule has 2 aromatic heterocycles. The van der Waals surface area contributed by atoms with E-state index >= 15 is 0 Å². The molecule has 3 rings (SSSR count).